The molecule has 0 saturated carbocycles. The molecule has 0 radical (unpaired) electrons. The number of nitrogens with one attached hydrogen (secondary N) is 2. The molecule has 8 heteroatoms. The fourth-order valence-corrected chi connectivity index (χ4v) is 2.65. The molecule has 2 N–H and O–H groups in total. The zero-order valence-electron chi connectivity index (χ0n) is 15.8. The minimum Gasteiger partial charge on any atom is -0.348 e. The van der Waals surface area contributed by atoms with Crippen molar-refractivity contribution in [2.24, 2.45) is 5.92 Å². The highest BCUT2D eigenvalue weighted by Crippen LogP contribution is 2.19. The second-order valence-corrected chi connectivity index (χ2v) is 6.78. The van der Waals surface area contributed by atoms with E-state index in [0.29, 0.717) is 5.56 Å². The van der Waals surface area contributed by atoms with Crippen molar-refractivity contribution < 1.29 is 18.9 Å². The fourth-order valence-electron chi connectivity index (χ4n) is 2.65. The minimum absolute atomic E-state index is 0.0661. The molecule has 0 saturated heterocycles. The summed E-state index contributed by atoms with van der Waals surface area (Å²) in [7, 11) is 0. The van der Waals surface area contributed by atoms with Crippen molar-refractivity contribution in [3.63, 3.8) is 0 Å². The van der Waals surface area contributed by atoms with E-state index in [1.807, 2.05) is 0 Å². The highest BCUT2D eigenvalue weighted by Gasteiger charge is 2.26. The van der Waals surface area contributed by atoms with E-state index in [1.165, 1.54) is 36.4 Å². The molecule has 28 heavy (non-hydrogen) atoms. The monoisotopic (exact) mass is 387 g/mol. The van der Waals surface area contributed by atoms with Crippen LogP contribution in [0, 0.1) is 21.8 Å². The number of nitrogens with zero attached hydrogens (tertiary/aromatic N) is 1. The van der Waals surface area contributed by atoms with E-state index < -0.39 is 34.6 Å². The predicted molar refractivity (Wildman–Crippen MR) is 102 cm³/mol. The largest absolute Gasteiger partial charge is 0.348 e. The number of halogens is 1. The van der Waals surface area contributed by atoms with Gasteiger partial charge in [0.2, 0.25) is 5.91 Å². The maximum atomic E-state index is 13.0. The Hall–Kier alpha value is -3.29. The van der Waals surface area contributed by atoms with Crippen LogP contribution >= 0.6 is 0 Å². The van der Waals surface area contributed by atoms with Gasteiger partial charge in [0.15, 0.2) is 0 Å². The van der Waals surface area contributed by atoms with E-state index >= 15 is 0 Å². The van der Waals surface area contributed by atoms with Gasteiger partial charge in [0.1, 0.15) is 11.9 Å². The van der Waals surface area contributed by atoms with Crippen molar-refractivity contribution in [2.75, 3.05) is 0 Å². The highest BCUT2D eigenvalue weighted by atomic mass is 19.1. The number of hydrogen-bond acceptors (Lipinski definition) is 4. The molecule has 2 atom stereocenters. The lowest BCUT2D eigenvalue weighted by molar-refractivity contribution is -0.384. The van der Waals surface area contributed by atoms with Gasteiger partial charge < -0.3 is 10.6 Å². The van der Waals surface area contributed by atoms with Crippen LogP contribution < -0.4 is 10.6 Å². The second kappa shape index (κ2) is 9.07. The van der Waals surface area contributed by atoms with Crippen LogP contribution in [-0.4, -0.2) is 22.8 Å². The van der Waals surface area contributed by atoms with Gasteiger partial charge in [0, 0.05) is 17.7 Å². The first-order chi connectivity index (χ1) is 13.2. The minimum atomic E-state index is -0.821. The third-order valence-electron chi connectivity index (χ3n) is 4.28. The summed E-state index contributed by atoms with van der Waals surface area (Å²) in [6, 6.07) is 9.70. The maximum absolute atomic E-state index is 13.0. The van der Waals surface area contributed by atoms with E-state index in [9.17, 15) is 24.1 Å². The molecule has 0 aromatic heterocycles. The van der Waals surface area contributed by atoms with Crippen molar-refractivity contribution in [2.45, 2.75) is 32.9 Å². The van der Waals surface area contributed by atoms with Gasteiger partial charge in [-0.2, -0.15) is 0 Å². The lowest BCUT2D eigenvalue weighted by Crippen LogP contribution is -2.50. The van der Waals surface area contributed by atoms with Gasteiger partial charge in [0.05, 0.1) is 11.0 Å². The molecule has 0 aliphatic carbocycles. The van der Waals surface area contributed by atoms with Gasteiger partial charge in [0.25, 0.3) is 11.6 Å². The molecule has 7 nitrogen and oxygen atoms in total. The topological polar surface area (TPSA) is 101 Å². The average molecular weight is 387 g/mol. The maximum Gasteiger partial charge on any atom is 0.269 e. The number of carbonyl (C=O) groups is 2. The smallest absolute Gasteiger partial charge is 0.269 e. The average Bonchev–Trinajstić information content (AvgIpc) is 2.66. The molecule has 0 aliphatic heterocycles. The van der Waals surface area contributed by atoms with Crippen molar-refractivity contribution >= 4 is 17.5 Å². The summed E-state index contributed by atoms with van der Waals surface area (Å²) in [4.78, 5) is 35.5. The Balaban J connectivity index is 2.09. The standard InChI is InChI=1S/C20H22FN3O4/c1-12(2)18(23-19(25)14-7-9-16(21)10-8-14)20(26)22-13(3)15-5-4-6-17(11-15)24(27)28/h4-13,18H,1-3H3,(H,22,26)(H,23,25). The first-order valence-corrected chi connectivity index (χ1v) is 8.80. The number of benzene rings is 2. The Bertz CT molecular complexity index is 868. The van der Waals surface area contributed by atoms with Gasteiger partial charge in [-0.1, -0.05) is 26.0 Å². The summed E-state index contributed by atoms with van der Waals surface area (Å²) in [5.74, 6) is -1.57. The Morgan fingerprint density at radius 3 is 2.25 bits per heavy atom. The van der Waals surface area contributed by atoms with Crippen LogP contribution in [0.25, 0.3) is 0 Å². The first kappa shape index (κ1) is 21.0. The normalized spacial score (nSPS) is 12.9. The lowest BCUT2D eigenvalue weighted by Gasteiger charge is -2.24. The molecule has 2 amide bonds. The number of nitro groups is 1. The summed E-state index contributed by atoms with van der Waals surface area (Å²) in [5, 5.41) is 16.4. The summed E-state index contributed by atoms with van der Waals surface area (Å²) < 4.78 is 13.0. The molecule has 2 unspecified atom stereocenters. The van der Waals surface area contributed by atoms with E-state index in [0.717, 1.165) is 0 Å². The second-order valence-electron chi connectivity index (χ2n) is 6.78. The summed E-state index contributed by atoms with van der Waals surface area (Å²) >= 11 is 0. The third-order valence-corrected chi connectivity index (χ3v) is 4.28. The van der Waals surface area contributed by atoms with Crippen molar-refractivity contribution in [1.29, 1.82) is 0 Å². The number of non-ortho nitro benzene ring substituents is 1. The van der Waals surface area contributed by atoms with Crippen LogP contribution in [-0.2, 0) is 4.79 Å². The molecule has 148 valence electrons. The van der Waals surface area contributed by atoms with Crippen LogP contribution in [0.4, 0.5) is 10.1 Å². The SMILES string of the molecule is CC(NC(=O)C(NC(=O)c1ccc(F)cc1)C(C)C)c1cccc([N+](=O)[O-])c1. The Kier molecular flexibility index (Phi) is 6.81. The van der Waals surface area contributed by atoms with E-state index in [4.69, 9.17) is 0 Å². The zero-order chi connectivity index (χ0) is 20.8. The molecule has 0 heterocycles. The van der Waals surface area contributed by atoms with Crippen molar-refractivity contribution in [3.05, 3.63) is 75.6 Å². The van der Waals surface area contributed by atoms with Crippen LogP contribution in [0.15, 0.2) is 48.5 Å². The van der Waals surface area contributed by atoms with Gasteiger partial charge >= 0.3 is 0 Å². The van der Waals surface area contributed by atoms with Crippen molar-refractivity contribution in [1.82, 2.24) is 10.6 Å². The zero-order valence-corrected chi connectivity index (χ0v) is 15.8. The molecule has 2 aromatic rings. The highest BCUT2D eigenvalue weighted by molar-refractivity contribution is 5.97. The number of rotatable bonds is 7. The van der Waals surface area contributed by atoms with Crippen LogP contribution in [0.1, 0.15) is 42.7 Å². The Morgan fingerprint density at radius 2 is 1.68 bits per heavy atom. The molecule has 2 rings (SSSR count). The van der Waals surface area contributed by atoms with Gasteiger partial charge in [-0.15, -0.1) is 0 Å². The Labute approximate surface area is 162 Å². The molecule has 0 spiro atoms. The molecular formula is C20H22FN3O4. The molecular weight excluding hydrogens is 365 g/mol. The number of carbonyl (C=O) groups excluding carboxylic acids is 2. The number of amides is 2. The number of nitro benzene ring substituents is 1. The predicted octanol–water partition coefficient (Wildman–Crippen LogP) is 3.37. The van der Waals surface area contributed by atoms with Crippen molar-refractivity contribution in [3.8, 4) is 0 Å². The third kappa shape index (κ3) is 5.35. The number of hydrogen-bond donors (Lipinski definition) is 2. The molecule has 0 bridgehead atoms. The van der Waals surface area contributed by atoms with Crippen LogP contribution in [0.5, 0.6) is 0 Å². The lowest BCUT2D eigenvalue weighted by atomic mass is 10.0. The van der Waals surface area contributed by atoms with E-state index in [1.54, 1.807) is 32.9 Å². The van der Waals surface area contributed by atoms with Gasteiger partial charge in [-0.25, -0.2) is 4.39 Å². The van der Waals surface area contributed by atoms with Crippen LogP contribution in [0.3, 0.4) is 0 Å². The molecule has 0 aliphatic rings. The van der Waals surface area contributed by atoms with E-state index in [-0.39, 0.29) is 17.2 Å². The summed E-state index contributed by atoms with van der Waals surface area (Å²) in [5.41, 5.74) is 0.755. The summed E-state index contributed by atoms with van der Waals surface area (Å²) in [6.45, 7) is 5.27. The van der Waals surface area contributed by atoms with E-state index in [2.05, 4.69) is 10.6 Å². The Morgan fingerprint density at radius 1 is 1.04 bits per heavy atom. The van der Waals surface area contributed by atoms with Crippen LogP contribution in [0.2, 0.25) is 0 Å². The van der Waals surface area contributed by atoms with Gasteiger partial charge in [-0.3, -0.25) is 19.7 Å². The molecule has 2 aromatic carbocycles. The quantitative estimate of drug-likeness (QED) is 0.562. The molecule has 0 fully saturated rings. The first-order valence-electron chi connectivity index (χ1n) is 8.80. The van der Waals surface area contributed by atoms with Gasteiger partial charge in [-0.05, 0) is 42.7 Å². The summed E-state index contributed by atoms with van der Waals surface area (Å²) in [6.07, 6.45) is 0. The fraction of sp³-hybridized carbons (Fsp3) is 0.300.